The van der Waals surface area contributed by atoms with E-state index >= 15 is 0 Å². The Kier molecular flexibility index (Phi) is 5.58. The molecule has 3 aromatic rings. The topological polar surface area (TPSA) is 46.1 Å². The van der Waals surface area contributed by atoms with Gasteiger partial charge in [-0.1, -0.05) is 24.1 Å². The smallest absolute Gasteiger partial charge is 0.256 e. The summed E-state index contributed by atoms with van der Waals surface area (Å²) in [7, 11) is 0. The number of hydrogen-bond donors (Lipinski definition) is 0. The van der Waals surface area contributed by atoms with Crippen LogP contribution < -0.4 is 0 Å². The molecular formula is C25H22FN3O. The van der Waals surface area contributed by atoms with Gasteiger partial charge < -0.3 is 4.90 Å². The second-order valence-corrected chi connectivity index (χ2v) is 7.62. The molecule has 2 aromatic heterocycles. The fourth-order valence-electron chi connectivity index (χ4n) is 4.00. The highest BCUT2D eigenvalue weighted by Gasteiger charge is 2.35. The van der Waals surface area contributed by atoms with Gasteiger partial charge in [0.15, 0.2) is 0 Å². The minimum absolute atomic E-state index is 0.0635. The highest BCUT2D eigenvalue weighted by Crippen LogP contribution is 2.36. The normalized spacial score (nSPS) is 15.4. The van der Waals surface area contributed by atoms with E-state index in [1.165, 1.54) is 6.07 Å². The van der Waals surface area contributed by atoms with E-state index in [0.717, 1.165) is 5.56 Å². The number of nitrogens with zero attached hydrogens (tertiary/aromatic N) is 3. The average molecular weight is 399 g/mol. The maximum atomic E-state index is 14.1. The average Bonchev–Trinajstić information content (AvgIpc) is 2.81. The van der Waals surface area contributed by atoms with Crippen LogP contribution in [0.2, 0.25) is 0 Å². The van der Waals surface area contributed by atoms with Crippen molar-refractivity contribution in [2.24, 2.45) is 5.41 Å². The molecule has 5 heteroatoms. The molecule has 0 atom stereocenters. The van der Waals surface area contributed by atoms with Crippen molar-refractivity contribution in [3.05, 3.63) is 84.1 Å². The number of halogens is 1. The highest BCUT2D eigenvalue weighted by atomic mass is 19.1. The van der Waals surface area contributed by atoms with Gasteiger partial charge in [-0.05, 0) is 55.2 Å². The van der Waals surface area contributed by atoms with Crippen molar-refractivity contribution in [2.75, 3.05) is 13.1 Å². The number of carbonyl (C=O) groups excluding carboxylic acids is 1. The Morgan fingerprint density at radius 2 is 1.80 bits per heavy atom. The van der Waals surface area contributed by atoms with Crippen LogP contribution in [0.3, 0.4) is 0 Å². The van der Waals surface area contributed by atoms with E-state index < -0.39 is 5.41 Å². The third kappa shape index (κ3) is 3.95. The lowest BCUT2D eigenvalue weighted by Gasteiger charge is -2.39. The van der Waals surface area contributed by atoms with Crippen LogP contribution in [-0.4, -0.2) is 33.9 Å². The van der Waals surface area contributed by atoms with Crippen molar-refractivity contribution < 1.29 is 9.18 Å². The molecule has 1 aliphatic rings. The van der Waals surface area contributed by atoms with E-state index in [2.05, 4.69) is 15.9 Å². The third-order valence-electron chi connectivity index (χ3n) is 5.79. The summed E-state index contributed by atoms with van der Waals surface area (Å²) in [5, 5.41) is 0. The summed E-state index contributed by atoms with van der Waals surface area (Å²) in [4.78, 5) is 23.5. The molecule has 1 aliphatic heterocycles. The largest absolute Gasteiger partial charge is 0.338 e. The van der Waals surface area contributed by atoms with E-state index in [4.69, 9.17) is 6.42 Å². The number of likely N-dealkylation sites (tertiary alicyclic amines) is 1. The summed E-state index contributed by atoms with van der Waals surface area (Å²) in [5.74, 6) is 2.61. The van der Waals surface area contributed by atoms with Gasteiger partial charge in [-0.2, -0.15) is 0 Å². The number of aromatic nitrogens is 2. The second-order valence-electron chi connectivity index (χ2n) is 7.62. The molecule has 0 spiro atoms. The molecule has 0 bridgehead atoms. The van der Waals surface area contributed by atoms with Crippen molar-refractivity contribution in [3.8, 4) is 23.6 Å². The standard InChI is InChI=1S/C25H22FN3O/c1-2-25(18-20-6-3-4-8-22(20)26)11-16-29(17-12-25)24(30)21-7-5-13-28-23(21)19-9-14-27-15-10-19/h1,3-10,13-15H,11-12,16-18H2. The number of carbonyl (C=O) groups is 1. The molecule has 0 saturated carbocycles. The zero-order chi connectivity index (χ0) is 21.0. The Morgan fingerprint density at radius 3 is 2.50 bits per heavy atom. The van der Waals surface area contributed by atoms with Crippen LogP contribution in [0, 0.1) is 23.6 Å². The van der Waals surface area contributed by atoms with Gasteiger partial charge in [-0.25, -0.2) is 4.39 Å². The van der Waals surface area contributed by atoms with Crippen LogP contribution in [0.5, 0.6) is 0 Å². The van der Waals surface area contributed by atoms with Crippen LogP contribution in [-0.2, 0) is 6.42 Å². The lowest BCUT2D eigenvalue weighted by molar-refractivity contribution is 0.0649. The summed E-state index contributed by atoms with van der Waals surface area (Å²) in [6, 6.07) is 14.0. The minimum Gasteiger partial charge on any atom is -0.338 e. The van der Waals surface area contributed by atoms with Gasteiger partial charge >= 0.3 is 0 Å². The quantitative estimate of drug-likeness (QED) is 0.612. The van der Waals surface area contributed by atoms with Gasteiger partial charge in [-0.3, -0.25) is 14.8 Å². The Morgan fingerprint density at radius 1 is 1.07 bits per heavy atom. The number of amides is 1. The molecule has 0 radical (unpaired) electrons. The maximum absolute atomic E-state index is 14.1. The lowest BCUT2D eigenvalue weighted by atomic mass is 9.74. The summed E-state index contributed by atoms with van der Waals surface area (Å²) in [5.41, 5.74) is 2.24. The van der Waals surface area contributed by atoms with Crippen LogP contribution in [0.25, 0.3) is 11.3 Å². The van der Waals surface area contributed by atoms with Gasteiger partial charge in [0.05, 0.1) is 11.3 Å². The fourth-order valence-corrected chi connectivity index (χ4v) is 4.00. The molecule has 150 valence electrons. The van der Waals surface area contributed by atoms with Gasteiger partial charge in [0.25, 0.3) is 5.91 Å². The number of hydrogen-bond acceptors (Lipinski definition) is 3. The Balaban J connectivity index is 1.52. The number of terminal acetylenes is 1. The fraction of sp³-hybridized carbons (Fsp3) is 0.240. The van der Waals surface area contributed by atoms with Crippen LogP contribution in [0.4, 0.5) is 4.39 Å². The monoisotopic (exact) mass is 399 g/mol. The van der Waals surface area contributed by atoms with Gasteiger partial charge in [0, 0.05) is 42.7 Å². The molecule has 3 heterocycles. The van der Waals surface area contributed by atoms with Gasteiger partial charge in [-0.15, -0.1) is 6.42 Å². The molecule has 1 fully saturated rings. The summed E-state index contributed by atoms with van der Waals surface area (Å²) >= 11 is 0. The van der Waals surface area contributed by atoms with Crippen molar-refractivity contribution >= 4 is 5.91 Å². The first-order chi connectivity index (χ1) is 14.6. The lowest BCUT2D eigenvalue weighted by Crippen LogP contribution is -2.43. The molecule has 30 heavy (non-hydrogen) atoms. The molecule has 0 aliphatic carbocycles. The molecule has 4 nitrogen and oxygen atoms in total. The molecule has 1 aromatic carbocycles. The molecule has 0 N–H and O–H groups in total. The predicted molar refractivity (Wildman–Crippen MR) is 114 cm³/mol. The number of benzene rings is 1. The van der Waals surface area contributed by atoms with Crippen molar-refractivity contribution in [1.82, 2.24) is 14.9 Å². The first kappa shape index (κ1) is 19.8. The summed E-state index contributed by atoms with van der Waals surface area (Å²) < 4.78 is 14.1. The number of piperidine rings is 1. The molecule has 0 unspecified atom stereocenters. The number of rotatable bonds is 4. The maximum Gasteiger partial charge on any atom is 0.256 e. The van der Waals surface area contributed by atoms with E-state index in [-0.39, 0.29) is 11.7 Å². The SMILES string of the molecule is C#CC1(Cc2ccccc2F)CCN(C(=O)c2cccnc2-c2ccncc2)CC1. The van der Waals surface area contributed by atoms with E-state index in [1.54, 1.807) is 42.9 Å². The van der Waals surface area contributed by atoms with Crippen molar-refractivity contribution in [2.45, 2.75) is 19.3 Å². The van der Waals surface area contributed by atoms with Gasteiger partial charge in [0.2, 0.25) is 0 Å². The first-order valence-electron chi connectivity index (χ1n) is 9.98. The van der Waals surface area contributed by atoms with Crippen molar-refractivity contribution in [1.29, 1.82) is 0 Å². The molecular weight excluding hydrogens is 377 g/mol. The van der Waals surface area contributed by atoms with E-state index in [1.807, 2.05) is 23.1 Å². The van der Waals surface area contributed by atoms with Crippen LogP contribution >= 0.6 is 0 Å². The highest BCUT2D eigenvalue weighted by molar-refractivity contribution is 5.99. The molecule has 1 saturated heterocycles. The van der Waals surface area contributed by atoms with E-state index in [9.17, 15) is 9.18 Å². The summed E-state index contributed by atoms with van der Waals surface area (Å²) in [6.07, 6.45) is 12.7. The third-order valence-corrected chi connectivity index (χ3v) is 5.79. The second kappa shape index (κ2) is 8.46. The Hall–Kier alpha value is -3.52. The zero-order valence-electron chi connectivity index (χ0n) is 16.6. The Labute approximate surface area is 175 Å². The Bertz CT molecular complexity index is 1080. The predicted octanol–water partition coefficient (Wildman–Crippen LogP) is 4.38. The van der Waals surface area contributed by atoms with Crippen LogP contribution in [0.1, 0.15) is 28.8 Å². The first-order valence-corrected chi connectivity index (χ1v) is 9.98. The van der Waals surface area contributed by atoms with Crippen LogP contribution in [0.15, 0.2) is 67.1 Å². The molecule has 1 amide bonds. The zero-order valence-corrected chi connectivity index (χ0v) is 16.6. The summed E-state index contributed by atoms with van der Waals surface area (Å²) in [6.45, 7) is 1.06. The van der Waals surface area contributed by atoms with Crippen molar-refractivity contribution in [3.63, 3.8) is 0 Å². The molecule has 4 rings (SSSR count). The van der Waals surface area contributed by atoms with Gasteiger partial charge in [0.1, 0.15) is 5.82 Å². The van der Waals surface area contributed by atoms with E-state index in [0.29, 0.717) is 49.2 Å². The minimum atomic E-state index is -0.443. The number of pyridine rings is 2.